The van der Waals surface area contributed by atoms with E-state index in [0.29, 0.717) is 19.8 Å². The summed E-state index contributed by atoms with van der Waals surface area (Å²) in [7, 11) is 1.76. The lowest BCUT2D eigenvalue weighted by molar-refractivity contribution is 0.0280. The molecule has 1 aliphatic heterocycles. The number of hydrogen-bond donors (Lipinski definition) is 0. The minimum absolute atomic E-state index is 0.203. The number of carbonyl (C=O) groups excluding carboxylic acids is 1. The highest BCUT2D eigenvalue weighted by molar-refractivity contribution is 5.69. The molecule has 4 nitrogen and oxygen atoms in total. The van der Waals surface area contributed by atoms with Crippen LogP contribution in [0.15, 0.2) is 42.5 Å². The van der Waals surface area contributed by atoms with Gasteiger partial charge in [0.05, 0.1) is 13.2 Å². The molecule has 0 radical (unpaired) electrons. The summed E-state index contributed by atoms with van der Waals surface area (Å²) < 4.78 is 24.6. The molecule has 0 aliphatic carbocycles. The normalized spacial score (nSPS) is 16.4. The Hall–Kier alpha value is -2.40. The molecule has 1 atom stereocenters. The lowest BCUT2D eigenvalue weighted by Crippen LogP contribution is -2.35. The maximum absolute atomic E-state index is 13.3. The molecule has 28 heavy (non-hydrogen) atoms. The zero-order valence-corrected chi connectivity index (χ0v) is 17.0. The summed E-state index contributed by atoms with van der Waals surface area (Å²) >= 11 is 0. The van der Waals surface area contributed by atoms with Crippen LogP contribution < -0.4 is 0 Å². The Kier molecular flexibility index (Phi) is 6.04. The van der Waals surface area contributed by atoms with Crippen LogP contribution in [0.5, 0.6) is 0 Å². The Morgan fingerprint density at radius 3 is 2.61 bits per heavy atom. The highest BCUT2D eigenvalue weighted by Gasteiger charge is 2.25. The van der Waals surface area contributed by atoms with Gasteiger partial charge in [-0.2, -0.15) is 0 Å². The molecule has 2 aromatic carbocycles. The van der Waals surface area contributed by atoms with Gasteiger partial charge in [0, 0.05) is 19.5 Å². The largest absolute Gasteiger partial charge is 0.444 e. The third-order valence-corrected chi connectivity index (χ3v) is 4.89. The van der Waals surface area contributed by atoms with Crippen molar-refractivity contribution in [1.29, 1.82) is 0 Å². The highest BCUT2D eigenvalue weighted by atomic mass is 19.1. The topological polar surface area (TPSA) is 38.8 Å². The molecular formula is C23H28FNO3. The molecule has 1 unspecified atom stereocenters. The van der Waals surface area contributed by atoms with Crippen LogP contribution in [0.2, 0.25) is 0 Å². The van der Waals surface area contributed by atoms with E-state index in [9.17, 15) is 9.18 Å². The molecular weight excluding hydrogens is 357 g/mol. The van der Waals surface area contributed by atoms with Crippen molar-refractivity contribution in [1.82, 2.24) is 4.90 Å². The van der Waals surface area contributed by atoms with Crippen molar-refractivity contribution >= 4 is 6.09 Å². The van der Waals surface area contributed by atoms with E-state index < -0.39 is 5.60 Å². The van der Waals surface area contributed by atoms with Crippen LogP contribution in [0.25, 0.3) is 11.1 Å². The van der Waals surface area contributed by atoms with Crippen molar-refractivity contribution in [3.8, 4) is 11.1 Å². The summed E-state index contributed by atoms with van der Waals surface area (Å²) in [5, 5.41) is 0. The van der Waals surface area contributed by atoms with Crippen molar-refractivity contribution in [2.24, 2.45) is 0 Å². The minimum Gasteiger partial charge on any atom is -0.444 e. The van der Waals surface area contributed by atoms with Gasteiger partial charge in [-0.25, -0.2) is 9.18 Å². The number of amides is 1. The molecule has 0 saturated heterocycles. The maximum atomic E-state index is 13.3. The van der Waals surface area contributed by atoms with E-state index in [0.717, 1.165) is 23.1 Å². The highest BCUT2D eigenvalue weighted by Crippen LogP contribution is 2.36. The molecule has 0 fully saturated rings. The molecule has 0 saturated carbocycles. The van der Waals surface area contributed by atoms with Gasteiger partial charge in [0.2, 0.25) is 0 Å². The minimum atomic E-state index is -0.504. The van der Waals surface area contributed by atoms with Gasteiger partial charge in [0.1, 0.15) is 11.4 Å². The molecule has 150 valence electrons. The van der Waals surface area contributed by atoms with Crippen molar-refractivity contribution < 1.29 is 18.7 Å². The predicted molar refractivity (Wildman–Crippen MR) is 108 cm³/mol. The van der Waals surface area contributed by atoms with E-state index in [2.05, 4.69) is 6.07 Å². The van der Waals surface area contributed by atoms with Crippen molar-refractivity contribution in [2.75, 3.05) is 20.2 Å². The maximum Gasteiger partial charge on any atom is 0.410 e. The second-order valence-corrected chi connectivity index (χ2v) is 8.28. The predicted octanol–water partition coefficient (Wildman–Crippen LogP) is 5.36. The number of fused-ring (bicyclic) bond motifs is 1. The lowest BCUT2D eigenvalue weighted by atomic mass is 9.86. The molecule has 1 amide bonds. The van der Waals surface area contributed by atoms with Gasteiger partial charge in [0.15, 0.2) is 0 Å². The van der Waals surface area contributed by atoms with E-state index in [1.165, 1.54) is 17.7 Å². The average molecular weight is 385 g/mol. The summed E-state index contributed by atoms with van der Waals surface area (Å²) in [5.41, 5.74) is 3.93. The summed E-state index contributed by atoms with van der Waals surface area (Å²) in [6, 6.07) is 12.8. The zero-order chi connectivity index (χ0) is 20.3. The Balaban J connectivity index is 1.74. The summed E-state index contributed by atoms with van der Waals surface area (Å²) in [5.74, 6) is -0.0399. The molecule has 3 rings (SSSR count). The number of hydrogen-bond acceptors (Lipinski definition) is 3. The van der Waals surface area contributed by atoms with Crippen molar-refractivity contribution in [3.63, 3.8) is 0 Å². The molecule has 0 spiro atoms. The monoisotopic (exact) mass is 385 g/mol. The van der Waals surface area contributed by atoms with E-state index in [1.54, 1.807) is 24.1 Å². The fourth-order valence-corrected chi connectivity index (χ4v) is 3.46. The summed E-state index contributed by atoms with van der Waals surface area (Å²) in [6.45, 7) is 7.34. The van der Waals surface area contributed by atoms with Gasteiger partial charge in [-0.1, -0.05) is 30.3 Å². The molecule has 5 heteroatoms. The summed E-state index contributed by atoms with van der Waals surface area (Å²) in [6.07, 6.45) is 0.472. The zero-order valence-electron chi connectivity index (χ0n) is 17.0. The van der Waals surface area contributed by atoms with Gasteiger partial charge >= 0.3 is 6.09 Å². The quantitative estimate of drug-likeness (QED) is 0.711. The molecule has 0 N–H and O–H groups in total. The van der Waals surface area contributed by atoms with E-state index >= 15 is 0 Å². The van der Waals surface area contributed by atoms with E-state index in [1.807, 2.05) is 32.9 Å². The number of benzene rings is 2. The third-order valence-electron chi connectivity index (χ3n) is 4.89. The Bertz CT molecular complexity index is 827. The molecule has 0 aromatic heterocycles. The number of carbonyl (C=O) groups is 1. The average Bonchev–Trinajstić information content (AvgIpc) is 2.65. The fourth-order valence-electron chi connectivity index (χ4n) is 3.46. The Morgan fingerprint density at radius 1 is 1.21 bits per heavy atom. The van der Waals surface area contributed by atoms with Crippen LogP contribution in [0.1, 0.15) is 44.2 Å². The van der Waals surface area contributed by atoms with Crippen LogP contribution >= 0.6 is 0 Å². The number of rotatable bonds is 4. The fraction of sp³-hybridized carbons (Fsp3) is 0.435. The number of halogens is 1. The SMILES string of the molecule is CN(CCC1COCc2c(-c3ccc(F)cc3)cccc21)C(=O)OC(C)(C)C. The smallest absolute Gasteiger partial charge is 0.410 e. The first-order valence-corrected chi connectivity index (χ1v) is 9.64. The van der Waals surface area contributed by atoms with Crippen molar-refractivity contribution in [2.45, 2.75) is 45.3 Å². The first-order valence-electron chi connectivity index (χ1n) is 9.64. The van der Waals surface area contributed by atoms with Crippen LogP contribution in [-0.2, 0) is 16.1 Å². The second kappa shape index (κ2) is 8.31. The first-order chi connectivity index (χ1) is 13.2. The Labute approximate surface area is 166 Å². The molecule has 1 aliphatic rings. The lowest BCUT2D eigenvalue weighted by Gasteiger charge is -2.30. The van der Waals surface area contributed by atoms with Crippen molar-refractivity contribution in [3.05, 3.63) is 59.4 Å². The van der Waals surface area contributed by atoms with Gasteiger partial charge in [-0.3, -0.25) is 0 Å². The number of ether oxygens (including phenoxy) is 2. The Morgan fingerprint density at radius 2 is 1.93 bits per heavy atom. The standard InChI is InChI=1S/C23H28FNO3/c1-23(2,3)28-22(26)25(4)13-12-17-14-27-15-21-19(6-5-7-20(17)21)16-8-10-18(24)11-9-16/h5-11,17H,12-15H2,1-4H3. The second-order valence-electron chi connectivity index (χ2n) is 8.28. The van der Waals surface area contributed by atoms with E-state index in [4.69, 9.17) is 9.47 Å². The first kappa shape index (κ1) is 20.3. The molecule has 2 aromatic rings. The van der Waals surface area contributed by atoms with E-state index in [-0.39, 0.29) is 17.8 Å². The molecule has 0 bridgehead atoms. The van der Waals surface area contributed by atoms with Crippen LogP contribution in [0.3, 0.4) is 0 Å². The van der Waals surface area contributed by atoms with Gasteiger partial charge < -0.3 is 14.4 Å². The van der Waals surface area contributed by atoms with Gasteiger partial charge in [-0.15, -0.1) is 0 Å². The molecule has 1 heterocycles. The van der Waals surface area contributed by atoms with Gasteiger partial charge in [-0.05, 0) is 61.6 Å². The van der Waals surface area contributed by atoms with Crippen LogP contribution in [0, 0.1) is 5.82 Å². The summed E-state index contributed by atoms with van der Waals surface area (Å²) in [4.78, 5) is 13.8. The van der Waals surface area contributed by atoms with Gasteiger partial charge in [0.25, 0.3) is 0 Å². The van der Waals surface area contributed by atoms with Crippen LogP contribution in [0.4, 0.5) is 9.18 Å². The van der Waals surface area contributed by atoms with Crippen LogP contribution in [-0.4, -0.2) is 36.8 Å². The number of nitrogens with zero attached hydrogens (tertiary/aromatic N) is 1. The third kappa shape index (κ3) is 4.90.